The zero-order valence-corrected chi connectivity index (χ0v) is 19.9. The molecule has 0 unspecified atom stereocenters. The van der Waals surface area contributed by atoms with Gasteiger partial charge in [0, 0.05) is 18.2 Å². The number of imide groups is 2. The highest BCUT2D eigenvalue weighted by atomic mass is 19.1. The Morgan fingerprint density at radius 1 is 1.03 bits per heavy atom. The molecule has 0 atom stereocenters. The second kappa shape index (κ2) is 10.7. The SMILES string of the molecule is COc1ccc(C=C2C(=O)NC(=O)N(c3ccc(F)cc3)C2=O)cc1COc1ccc(NC(C)=O)cc1. The first-order valence-corrected chi connectivity index (χ1v) is 11.1. The van der Waals surface area contributed by atoms with Crippen molar-refractivity contribution < 1.29 is 33.0 Å². The van der Waals surface area contributed by atoms with Crippen molar-refractivity contribution in [1.29, 1.82) is 0 Å². The van der Waals surface area contributed by atoms with Gasteiger partial charge in [-0.2, -0.15) is 0 Å². The Hall–Kier alpha value is -4.99. The van der Waals surface area contributed by atoms with Gasteiger partial charge < -0.3 is 14.8 Å². The fourth-order valence-corrected chi connectivity index (χ4v) is 3.65. The van der Waals surface area contributed by atoms with Crippen LogP contribution < -0.4 is 25.0 Å². The Bertz CT molecular complexity index is 1400. The molecule has 1 fully saturated rings. The first-order chi connectivity index (χ1) is 17.7. The number of anilines is 2. The molecule has 3 aromatic carbocycles. The first-order valence-electron chi connectivity index (χ1n) is 11.1. The fourth-order valence-electron chi connectivity index (χ4n) is 3.65. The smallest absolute Gasteiger partial charge is 0.335 e. The van der Waals surface area contributed by atoms with Crippen LogP contribution in [0.2, 0.25) is 0 Å². The van der Waals surface area contributed by atoms with Gasteiger partial charge in [-0.1, -0.05) is 6.07 Å². The summed E-state index contributed by atoms with van der Waals surface area (Å²) in [7, 11) is 1.50. The summed E-state index contributed by atoms with van der Waals surface area (Å²) < 4.78 is 24.5. The first kappa shape index (κ1) is 25.1. The molecule has 0 saturated carbocycles. The minimum absolute atomic E-state index is 0.111. The van der Waals surface area contributed by atoms with Crippen molar-refractivity contribution >= 4 is 41.2 Å². The molecule has 4 rings (SSSR count). The van der Waals surface area contributed by atoms with Gasteiger partial charge in [-0.15, -0.1) is 0 Å². The molecular weight excluding hydrogens is 481 g/mol. The lowest BCUT2D eigenvalue weighted by atomic mass is 10.0. The predicted octanol–water partition coefficient (Wildman–Crippen LogP) is 4.04. The van der Waals surface area contributed by atoms with Crippen molar-refractivity contribution in [1.82, 2.24) is 5.32 Å². The molecule has 3 aromatic rings. The lowest BCUT2D eigenvalue weighted by molar-refractivity contribution is -0.122. The Labute approximate surface area is 211 Å². The monoisotopic (exact) mass is 503 g/mol. The summed E-state index contributed by atoms with van der Waals surface area (Å²) in [6.45, 7) is 1.53. The number of benzene rings is 3. The van der Waals surface area contributed by atoms with Crippen LogP contribution in [0.15, 0.2) is 72.3 Å². The van der Waals surface area contributed by atoms with Crippen LogP contribution in [0.4, 0.5) is 20.6 Å². The number of hydrogen-bond donors (Lipinski definition) is 2. The van der Waals surface area contributed by atoms with E-state index in [-0.39, 0.29) is 23.8 Å². The lowest BCUT2D eigenvalue weighted by Crippen LogP contribution is -2.54. The van der Waals surface area contributed by atoms with Gasteiger partial charge in [-0.25, -0.2) is 14.1 Å². The maximum Gasteiger partial charge on any atom is 0.335 e. The number of carbonyl (C=O) groups excluding carboxylic acids is 4. The molecule has 37 heavy (non-hydrogen) atoms. The standard InChI is InChI=1S/C27H22FN3O6/c1-16(32)29-20-6-10-22(11-7-20)37-15-18-13-17(3-12-24(18)36-2)14-23-25(33)30-27(35)31(26(23)34)21-8-4-19(28)5-9-21/h3-14H,15H2,1-2H3,(H,29,32)(H,30,33,35). The molecule has 1 aliphatic rings. The molecule has 0 bridgehead atoms. The third-order valence-electron chi connectivity index (χ3n) is 5.37. The highest BCUT2D eigenvalue weighted by molar-refractivity contribution is 6.39. The third kappa shape index (κ3) is 5.81. The normalized spacial score (nSPS) is 14.4. The van der Waals surface area contributed by atoms with E-state index in [1.165, 1.54) is 32.2 Å². The van der Waals surface area contributed by atoms with E-state index in [4.69, 9.17) is 9.47 Å². The van der Waals surface area contributed by atoms with E-state index < -0.39 is 23.7 Å². The van der Waals surface area contributed by atoms with Crippen molar-refractivity contribution in [3.63, 3.8) is 0 Å². The third-order valence-corrected chi connectivity index (χ3v) is 5.37. The van der Waals surface area contributed by atoms with E-state index >= 15 is 0 Å². The van der Waals surface area contributed by atoms with Crippen LogP contribution in [0.3, 0.4) is 0 Å². The molecule has 0 aromatic heterocycles. The second-order valence-electron chi connectivity index (χ2n) is 8.00. The van der Waals surface area contributed by atoms with Gasteiger partial charge in [0.05, 0.1) is 12.8 Å². The van der Waals surface area contributed by atoms with Crippen LogP contribution in [0.5, 0.6) is 11.5 Å². The average Bonchev–Trinajstić information content (AvgIpc) is 2.87. The molecule has 1 heterocycles. The maximum atomic E-state index is 13.3. The molecule has 1 saturated heterocycles. The zero-order chi connectivity index (χ0) is 26.5. The largest absolute Gasteiger partial charge is 0.496 e. The number of rotatable bonds is 7. The minimum atomic E-state index is -0.924. The number of hydrogen-bond acceptors (Lipinski definition) is 6. The van der Waals surface area contributed by atoms with E-state index in [1.54, 1.807) is 42.5 Å². The Balaban J connectivity index is 1.57. The Morgan fingerprint density at radius 2 is 1.73 bits per heavy atom. The van der Waals surface area contributed by atoms with Crippen LogP contribution in [-0.2, 0) is 21.0 Å². The number of halogens is 1. The van der Waals surface area contributed by atoms with E-state index in [0.29, 0.717) is 28.3 Å². The van der Waals surface area contributed by atoms with Crippen LogP contribution >= 0.6 is 0 Å². The second-order valence-corrected chi connectivity index (χ2v) is 8.00. The summed E-state index contributed by atoms with van der Waals surface area (Å²) in [6.07, 6.45) is 1.35. The van der Waals surface area contributed by atoms with Crippen LogP contribution in [-0.4, -0.2) is 30.9 Å². The molecule has 9 nitrogen and oxygen atoms in total. The summed E-state index contributed by atoms with van der Waals surface area (Å²) in [6, 6.07) is 15.7. The van der Waals surface area contributed by atoms with Gasteiger partial charge >= 0.3 is 6.03 Å². The molecule has 1 aliphatic heterocycles. The number of barbiturate groups is 1. The number of carbonyl (C=O) groups is 4. The van der Waals surface area contributed by atoms with Gasteiger partial charge in [0.2, 0.25) is 5.91 Å². The highest BCUT2D eigenvalue weighted by Crippen LogP contribution is 2.26. The quantitative estimate of drug-likeness (QED) is 0.372. The summed E-state index contributed by atoms with van der Waals surface area (Å²) >= 11 is 0. The number of methoxy groups -OCH3 is 1. The molecule has 2 N–H and O–H groups in total. The summed E-state index contributed by atoms with van der Waals surface area (Å²) in [4.78, 5) is 49.8. The molecule has 10 heteroatoms. The Kier molecular flexibility index (Phi) is 7.28. The van der Waals surface area contributed by atoms with Gasteiger partial charge in [0.25, 0.3) is 11.8 Å². The van der Waals surface area contributed by atoms with Crippen molar-refractivity contribution in [2.75, 3.05) is 17.3 Å². The summed E-state index contributed by atoms with van der Waals surface area (Å²) in [5, 5.41) is 4.81. The van der Waals surface area contributed by atoms with E-state index in [9.17, 15) is 23.6 Å². The molecule has 5 amide bonds. The molecule has 0 spiro atoms. The van der Waals surface area contributed by atoms with Gasteiger partial charge in [0.15, 0.2) is 0 Å². The van der Waals surface area contributed by atoms with Crippen molar-refractivity contribution in [3.05, 3.63) is 89.2 Å². The topological polar surface area (TPSA) is 114 Å². The fraction of sp³-hybridized carbons (Fsp3) is 0.111. The number of amides is 5. The van der Waals surface area contributed by atoms with Gasteiger partial charge in [-0.3, -0.25) is 19.7 Å². The van der Waals surface area contributed by atoms with Gasteiger partial charge in [-0.05, 0) is 72.3 Å². The lowest BCUT2D eigenvalue weighted by Gasteiger charge is -2.26. The van der Waals surface area contributed by atoms with Crippen molar-refractivity contribution in [2.45, 2.75) is 13.5 Å². The van der Waals surface area contributed by atoms with Gasteiger partial charge in [0.1, 0.15) is 29.5 Å². The summed E-state index contributed by atoms with van der Waals surface area (Å²) in [5.74, 6) is -1.32. The van der Waals surface area contributed by atoms with Crippen molar-refractivity contribution in [2.24, 2.45) is 0 Å². The minimum Gasteiger partial charge on any atom is -0.496 e. The van der Waals surface area contributed by atoms with Crippen molar-refractivity contribution in [3.8, 4) is 11.5 Å². The molecular formula is C27H22FN3O6. The molecule has 188 valence electrons. The van der Waals surface area contributed by atoms with Crippen LogP contribution in [0, 0.1) is 5.82 Å². The number of urea groups is 1. The highest BCUT2D eigenvalue weighted by Gasteiger charge is 2.36. The van der Waals surface area contributed by atoms with E-state index in [2.05, 4.69) is 10.6 Å². The maximum absolute atomic E-state index is 13.3. The molecule has 0 radical (unpaired) electrons. The Morgan fingerprint density at radius 3 is 2.38 bits per heavy atom. The predicted molar refractivity (Wildman–Crippen MR) is 133 cm³/mol. The molecule has 0 aliphatic carbocycles. The summed E-state index contributed by atoms with van der Waals surface area (Å²) in [5.41, 5.74) is 1.62. The number of ether oxygens (including phenoxy) is 2. The van der Waals surface area contributed by atoms with Crippen LogP contribution in [0.1, 0.15) is 18.1 Å². The van der Waals surface area contributed by atoms with E-state index in [0.717, 1.165) is 17.0 Å². The van der Waals surface area contributed by atoms with E-state index in [1.807, 2.05) is 0 Å². The number of nitrogens with zero attached hydrogens (tertiary/aromatic N) is 1. The number of nitrogens with one attached hydrogen (secondary N) is 2. The van der Waals surface area contributed by atoms with Crippen LogP contribution in [0.25, 0.3) is 6.08 Å². The average molecular weight is 503 g/mol. The zero-order valence-electron chi connectivity index (χ0n) is 19.9.